The van der Waals surface area contributed by atoms with Gasteiger partial charge in [-0.3, -0.25) is 4.99 Å². The second-order valence-electron chi connectivity index (χ2n) is 19.4. The van der Waals surface area contributed by atoms with E-state index in [1.165, 1.54) is 6.08 Å². The molecule has 14 N–H and O–H groups in total. The van der Waals surface area contributed by atoms with Crippen LogP contribution >= 0.6 is 0 Å². The highest BCUT2D eigenvalue weighted by molar-refractivity contribution is 6.06. The predicted molar refractivity (Wildman–Crippen MR) is 304 cm³/mol. The molecule has 0 atom stereocenters. The summed E-state index contributed by atoms with van der Waals surface area (Å²) in [5.41, 5.74) is -1.28. The van der Waals surface area contributed by atoms with Gasteiger partial charge in [0.1, 0.15) is 17.2 Å². The van der Waals surface area contributed by atoms with E-state index in [1.807, 2.05) is 31.2 Å². The zero-order chi connectivity index (χ0) is 65.9. The summed E-state index contributed by atoms with van der Waals surface area (Å²) in [6.07, 6.45) is 2.52. The molecule has 0 spiro atoms. The number of carbonyl (C=O) groups excluding carboxylic acids is 7. The Balaban J connectivity index is 0.960. The van der Waals surface area contributed by atoms with Crippen LogP contribution in [0.1, 0.15) is 79.7 Å². The first-order valence-corrected chi connectivity index (χ1v) is 25.8. The minimum Gasteiger partial charge on any atom is -0.504 e. The zero-order valence-electron chi connectivity index (χ0n) is 46.1. The van der Waals surface area contributed by atoms with Crippen LogP contribution in [0, 0.1) is 6.92 Å². The Bertz CT molecular complexity index is 4180. The number of esters is 7. The van der Waals surface area contributed by atoms with E-state index >= 15 is 0 Å². The minimum absolute atomic E-state index is 0.0652. The van der Waals surface area contributed by atoms with Crippen molar-refractivity contribution in [1.82, 2.24) is 0 Å². The van der Waals surface area contributed by atoms with Crippen molar-refractivity contribution >= 4 is 47.5 Å². The maximum absolute atomic E-state index is 13.9. The maximum Gasteiger partial charge on any atom is 0.343 e. The summed E-state index contributed by atoms with van der Waals surface area (Å²) >= 11 is 0. The smallest absolute Gasteiger partial charge is 0.343 e. The summed E-state index contributed by atoms with van der Waals surface area (Å²) < 4.78 is 37.0. The predicted octanol–water partition coefficient (Wildman–Crippen LogP) is 7.11. The van der Waals surface area contributed by atoms with Gasteiger partial charge in [-0.25, -0.2) is 33.6 Å². The fraction of sp³-hybridized carbons (Fsp3) is 0.0645. The molecule has 0 amide bonds. The summed E-state index contributed by atoms with van der Waals surface area (Å²) in [6, 6.07) is 18.4. The van der Waals surface area contributed by atoms with Crippen LogP contribution in [0.2, 0.25) is 0 Å². The van der Waals surface area contributed by atoms with Gasteiger partial charge in [0.05, 0.1) is 45.5 Å². The molecule has 8 aromatic carbocycles. The average Bonchev–Trinajstić information content (AvgIpc) is 2.10. The summed E-state index contributed by atoms with van der Waals surface area (Å²) in [4.78, 5) is 98.4. The highest BCUT2D eigenvalue weighted by Gasteiger charge is 2.28. The molecule has 464 valence electrons. The molecule has 91 heavy (non-hydrogen) atoms. The number of rotatable bonds is 17. The summed E-state index contributed by atoms with van der Waals surface area (Å²) in [7, 11) is 0. The van der Waals surface area contributed by atoms with Crippen LogP contribution in [0.15, 0.2) is 132 Å². The topological polar surface area (TPSA) is 480 Å². The minimum atomic E-state index is -1.51. The monoisotopic (exact) mass is 1250 g/mol. The van der Waals surface area contributed by atoms with E-state index in [-0.39, 0.29) is 12.1 Å². The number of benzene rings is 8. The number of allylic oxidation sites excluding steroid dienone is 1. The average molecular weight is 1250 g/mol. The lowest BCUT2D eigenvalue weighted by Gasteiger charge is -2.14. The molecule has 0 fully saturated rings. The number of phenolic OH excluding ortho intramolecular Hbond substituents is 14. The molecule has 0 unspecified atom stereocenters. The largest absolute Gasteiger partial charge is 0.504 e. The Morgan fingerprint density at radius 1 is 0.330 bits per heavy atom. The fourth-order valence-electron chi connectivity index (χ4n) is 8.24. The Morgan fingerprint density at radius 3 is 0.901 bits per heavy atom. The van der Waals surface area contributed by atoms with Crippen molar-refractivity contribution in [2.75, 3.05) is 6.54 Å². The third-order valence-corrected chi connectivity index (χ3v) is 12.9. The van der Waals surface area contributed by atoms with E-state index in [2.05, 4.69) is 4.99 Å². The first-order valence-electron chi connectivity index (χ1n) is 25.8. The third-order valence-electron chi connectivity index (χ3n) is 12.9. The highest BCUT2D eigenvalue weighted by atomic mass is 16.6. The lowest BCUT2D eigenvalue weighted by molar-refractivity contribution is -0.130. The second-order valence-corrected chi connectivity index (χ2v) is 19.4. The van der Waals surface area contributed by atoms with Crippen molar-refractivity contribution < 1.29 is 138 Å². The Labute approximate surface area is 507 Å². The number of aromatic hydroxyl groups is 14. The molecule has 0 saturated heterocycles. The molecule has 0 saturated carbocycles. The number of hydrogen-bond acceptors (Lipinski definition) is 29. The summed E-state index contributed by atoms with van der Waals surface area (Å²) in [5, 5.41) is 143. The van der Waals surface area contributed by atoms with Crippen LogP contribution in [0.25, 0.3) is 0 Å². The van der Waals surface area contributed by atoms with E-state index < -0.39 is 196 Å². The van der Waals surface area contributed by atoms with E-state index in [0.717, 1.165) is 29.3 Å². The van der Waals surface area contributed by atoms with Gasteiger partial charge in [0.15, 0.2) is 80.5 Å². The number of phenols is 14. The van der Waals surface area contributed by atoms with Crippen LogP contribution in [-0.4, -0.2) is 126 Å². The SMILES string of the molecule is Cc1ccc(CCC2=NCC(C(=O)Oc3cc(OC(=O)c4cc(O)c(O)c(OC(=O)c5cc(O)c(O)c(OC(=O)c6cc(O)c(O)c(O)c6)c5)c4)cc(OC(=O)c4cc(O)c(O)c(OC(=O)c5cc(O)c(O)c(OC(=O)c6cc(O)c(O)c(O)c6)c5)c4)c3)=C2)cc1. The molecule has 9 rings (SSSR count). The number of nitrogens with zero attached hydrogens (tertiary/aromatic N) is 1. The quantitative estimate of drug-likeness (QED) is 0.0245. The molecule has 0 aromatic heterocycles. The maximum atomic E-state index is 13.9. The van der Waals surface area contributed by atoms with Gasteiger partial charge in [-0.1, -0.05) is 29.8 Å². The number of ether oxygens (including phenoxy) is 7. The molecule has 1 aliphatic rings. The lowest BCUT2D eigenvalue weighted by Crippen LogP contribution is -2.14. The molecular weight excluding hydrogens is 1210 g/mol. The molecule has 0 bridgehead atoms. The highest BCUT2D eigenvalue weighted by Crippen LogP contribution is 2.44. The first-order chi connectivity index (χ1) is 43.1. The molecule has 0 aliphatic carbocycles. The molecule has 1 heterocycles. The first kappa shape index (κ1) is 62.2. The van der Waals surface area contributed by atoms with Crippen molar-refractivity contribution in [2.24, 2.45) is 4.99 Å². The molecule has 29 nitrogen and oxygen atoms in total. The van der Waals surface area contributed by atoms with Crippen LogP contribution in [-0.2, 0) is 11.2 Å². The van der Waals surface area contributed by atoms with Crippen LogP contribution in [0.5, 0.6) is 121 Å². The number of hydrogen-bond donors (Lipinski definition) is 14. The summed E-state index contributed by atoms with van der Waals surface area (Å²) in [5.74, 6) is -29.6. The number of aryl methyl sites for hydroxylation is 2. The van der Waals surface area contributed by atoms with Crippen molar-refractivity contribution in [3.05, 3.63) is 171 Å². The van der Waals surface area contributed by atoms with Gasteiger partial charge in [0, 0.05) is 23.9 Å². The Morgan fingerprint density at radius 2 is 0.593 bits per heavy atom. The van der Waals surface area contributed by atoms with Gasteiger partial charge in [-0.2, -0.15) is 0 Å². The van der Waals surface area contributed by atoms with E-state index in [9.17, 15) is 105 Å². The molecule has 1 aliphatic heterocycles. The van der Waals surface area contributed by atoms with Crippen LogP contribution in [0.4, 0.5) is 0 Å². The lowest BCUT2D eigenvalue weighted by atomic mass is 10.1. The summed E-state index contributed by atoms with van der Waals surface area (Å²) in [6.45, 7) is 1.82. The molecular formula is C62H43NO28. The van der Waals surface area contributed by atoms with Crippen molar-refractivity contribution in [1.29, 1.82) is 0 Å². The third kappa shape index (κ3) is 14.0. The van der Waals surface area contributed by atoms with Gasteiger partial charge >= 0.3 is 41.8 Å². The van der Waals surface area contributed by atoms with E-state index in [4.69, 9.17) is 33.2 Å². The van der Waals surface area contributed by atoms with Gasteiger partial charge in [-0.05, 0) is 104 Å². The molecule has 0 radical (unpaired) electrons. The molecule has 29 heteroatoms. The Kier molecular flexibility index (Phi) is 17.3. The Hall–Kier alpha value is -13.3. The zero-order valence-corrected chi connectivity index (χ0v) is 46.1. The second kappa shape index (κ2) is 25.3. The van der Waals surface area contributed by atoms with Crippen molar-refractivity contribution in [3.8, 4) is 121 Å². The molecule has 8 aromatic rings. The number of aliphatic imine (C=N–C) groups is 1. The van der Waals surface area contributed by atoms with Gasteiger partial charge in [0.2, 0.25) is 23.0 Å². The van der Waals surface area contributed by atoms with E-state index in [0.29, 0.717) is 91.3 Å². The normalized spacial score (nSPS) is 11.6. The van der Waals surface area contributed by atoms with Crippen molar-refractivity contribution in [3.63, 3.8) is 0 Å². The fourth-order valence-corrected chi connectivity index (χ4v) is 8.24. The van der Waals surface area contributed by atoms with Gasteiger partial charge in [0.25, 0.3) is 0 Å². The number of carbonyl (C=O) groups is 7. The van der Waals surface area contributed by atoms with Crippen LogP contribution in [0.3, 0.4) is 0 Å². The van der Waals surface area contributed by atoms with Crippen LogP contribution < -0.4 is 33.2 Å². The van der Waals surface area contributed by atoms with Gasteiger partial charge in [-0.15, -0.1) is 0 Å². The van der Waals surface area contributed by atoms with Crippen molar-refractivity contribution in [2.45, 2.75) is 19.8 Å². The standard InChI is InChI=1S/C62H43NO28/c1-25-2-4-26(5-3-25)6-7-34-8-33(24-63-34)62(84)87-37-22-35(85-56(78)29-13-42(68)52(74)46(17-29)90-60(82)31-15-44(70)54(76)48(19-31)88-58(80)27-9-38(64)50(72)39(65)10-27)21-36(23-37)86-57(79)30-14-43(69)53(75)47(18-30)91-61(83)32-16-45(71)55(77)49(20-32)89-59(81)28-11-40(66)51(73)41(67)12-28/h2-5,8-23,64-77H,6-7,24H2,1H3. The van der Waals surface area contributed by atoms with E-state index in [1.54, 1.807) is 0 Å². The van der Waals surface area contributed by atoms with Gasteiger partial charge < -0.3 is 105 Å².